The van der Waals surface area contributed by atoms with E-state index in [1.54, 1.807) is 0 Å². The molecule has 1 saturated heterocycles. The van der Waals surface area contributed by atoms with Gasteiger partial charge in [0, 0.05) is 12.6 Å². The second-order valence-electron chi connectivity index (χ2n) is 5.81. The van der Waals surface area contributed by atoms with Crippen molar-refractivity contribution in [1.29, 1.82) is 5.26 Å². The molecule has 0 N–H and O–H groups in total. The first kappa shape index (κ1) is 15.9. The molecule has 0 spiro atoms. The molecule has 0 radical (unpaired) electrons. The predicted octanol–water partition coefficient (Wildman–Crippen LogP) is 4.01. The number of nitro groups is 1. The van der Waals surface area contributed by atoms with Crippen molar-refractivity contribution in [3.63, 3.8) is 0 Å². The standard InChI is InChI=1S/C18H16FN3O2/c19-14-8-9-17(18(11-14)22(23)24)21-10-4-7-16(21)15(12-20)13-5-2-1-3-6-13/h1-3,5-6,8-9,11,15-16H,4,7,10H2. The molecule has 3 rings (SSSR count). The fourth-order valence-electron chi connectivity index (χ4n) is 3.37. The monoisotopic (exact) mass is 325 g/mol. The fraction of sp³-hybridized carbons (Fsp3) is 0.278. The van der Waals surface area contributed by atoms with Crippen molar-refractivity contribution in [1.82, 2.24) is 0 Å². The van der Waals surface area contributed by atoms with Gasteiger partial charge in [-0.2, -0.15) is 5.26 Å². The molecule has 0 amide bonds. The van der Waals surface area contributed by atoms with Crippen molar-refractivity contribution in [3.8, 4) is 6.07 Å². The molecule has 2 aromatic rings. The van der Waals surface area contributed by atoms with E-state index in [0.717, 1.165) is 24.5 Å². The van der Waals surface area contributed by atoms with Crippen LogP contribution in [-0.2, 0) is 0 Å². The van der Waals surface area contributed by atoms with Gasteiger partial charge in [-0.25, -0.2) is 4.39 Å². The molecule has 122 valence electrons. The van der Waals surface area contributed by atoms with Crippen LogP contribution in [0.1, 0.15) is 24.3 Å². The van der Waals surface area contributed by atoms with E-state index < -0.39 is 16.7 Å². The molecule has 1 heterocycles. The smallest absolute Gasteiger partial charge is 0.295 e. The Bertz CT molecular complexity index is 789. The van der Waals surface area contributed by atoms with Crippen molar-refractivity contribution < 1.29 is 9.31 Å². The molecule has 0 aromatic heterocycles. The van der Waals surface area contributed by atoms with Crippen molar-refractivity contribution in [2.75, 3.05) is 11.4 Å². The Kier molecular flexibility index (Phi) is 4.43. The Morgan fingerprint density at radius 3 is 2.71 bits per heavy atom. The number of nitrogens with zero attached hydrogens (tertiary/aromatic N) is 3. The summed E-state index contributed by atoms with van der Waals surface area (Å²) in [4.78, 5) is 12.6. The second-order valence-corrected chi connectivity index (χ2v) is 5.81. The lowest BCUT2D eigenvalue weighted by Gasteiger charge is -2.29. The summed E-state index contributed by atoms with van der Waals surface area (Å²) in [6.45, 7) is 0.613. The fourth-order valence-corrected chi connectivity index (χ4v) is 3.37. The molecule has 24 heavy (non-hydrogen) atoms. The molecule has 1 aliphatic rings. The minimum Gasteiger partial charge on any atom is -0.361 e. The maximum absolute atomic E-state index is 13.4. The second kappa shape index (κ2) is 6.67. The Balaban J connectivity index is 2.00. The minimum atomic E-state index is -0.638. The molecule has 1 aliphatic heterocycles. The highest BCUT2D eigenvalue weighted by Crippen LogP contribution is 2.38. The minimum absolute atomic E-state index is 0.165. The van der Waals surface area contributed by atoms with E-state index in [0.29, 0.717) is 12.2 Å². The Morgan fingerprint density at radius 1 is 1.29 bits per heavy atom. The van der Waals surface area contributed by atoms with E-state index in [1.807, 2.05) is 35.2 Å². The van der Waals surface area contributed by atoms with Crippen LogP contribution in [0.4, 0.5) is 15.8 Å². The van der Waals surface area contributed by atoms with E-state index >= 15 is 0 Å². The molecule has 0 bridgehead atoms. The molecule has 6 heteroatoms. The van der Waals surface area contributed by atoms with Gasteiger partial charge in [0.1, 0.15) is 11.5 Å². The number of nitriles is 1. The van der Waals surface area contributed by atoms with Crippen LogP contribution >= 0.6 is 0 Å². The van der Waals surface area contributed by atoms with Crippen LogP contribution in [0.15, 0.2) is 48.5 Å². The van der Waals surface area contributed by atoms with Gasteiger partial charge in [0.05, 0.1) is 23.0 Å². The number of hydrogen-bond donors (Lipinski definition) is 0. The van der Waals surface area contributed by atoms with Gasteiger partial charge >= 0.3 is 0 Å². The Hall–Kier alpha value is -2.94. The zero-order valence-corrected chi connectivity index (χ0v) is 12.9. The number of anilines is 1. The van der Waals surface area contributed by atoms with Crippen LogP contribution in [0.5, 0.6) is 0 Å². The summed E-state index contributed by atoms with van der Waals surface area (Å²) in [6.07, 6.45) is 1.60. The third-order valence-electron chi connectivity index (χ3n) is 4.43. The number of nitro benzene ring substituents is 1. The molecule has 2 aromatic carbocycles. The lowest BCUT2D eigenvalue weighted by atomic mass is 9.91. The van der Waals surface area contributed by atoms with Crippen molar-refractivity contribution in [2.24, 2.45) is 0 Å². The van der Waals surface area contributed by atoms with Crippen molar-refractivity contribution in [3.05, 3.63) is 70.0 Å². The number of hydrogen-bond acceptors (Lipinski definition) is 4. The third kappa shape index (κ3) is 2.93. The highest BCUT2D eigenvalue weighted by Gasteiger charge is 2.36. The van der Waals surface area contributed by atoms with Crippen LogP contribution in [-0.4, -0.2) is 17.5 Å². The summed E-state index contributed by atoms with van der Waals surface area (Å²) >= 11 is 0. The molecule has 2 unspecified atom stereocenters. The van der Waals surface area contributed by atoms with E-state index in [2.05, 4.69) is 6.07 Å². The van der Waals surface area contributed by atoms with E-state index in [4.69, 9.17) is 0 Å². The van der Waals surface area contributed by atoms with E-state index in [-0.39, 0.29) is 11.7 Å². The largest absolute Gasteiger partial charge is 0.361 e. The zero-order valence-electron chi connectivity index (χ0n) is 12.9. The van der Waals surface area contributed by atoms with Gasteiger partial charge in [-0.1, -0.05) is 30.3 Å². The van der Waals surface area contributed by atoms with E-state index in [9.17, 15) is 19.8 Å². The number of rotatable bonds is 4. The molecule has 5 nitrogen and oxygen atoms in total. The molecule has 0 aliphatic carbocycles. The maximum atomic E-state index is 13.4. The van der Waals surface area contributed by atoms with Gasteiger partial charge in [-0.3, -0.25) is 10.1 Å². The average molecular weight is 325 g/mol. The molecule has 1 fully saturated rings. The van der Waals surface area contributed by atoms with Gasteiger partial charge in [-0.15, -0.1) is 0 Å². The zero-order chi connectivity index (χ0) is 17.1. The van der Waals surface area contributed by atoms with Gasteiger partial charge in [0.2, 0.25) is 0 Å². The Labute approximate surface area is 139 Å². The average Bonchev–Trinajstić information content (AvgIpc) is 3.05. The third-order valence-corrected chi connectivity index (χ3v) is 4.43. The normalized spacial score (nSPS) is 18.2. The van der Waals surface area contributed by atoms with Gasteiger partial charge < -0.3 is 4.90 Å². The van der Waals surface area contributed by atoms with Crippen LogP contribution in [0.2, 0.25) is 0 Å². The summed E-state index contributed by atoms with van der Waals surface area (Å²) in [5, 5.41) is 21.0. The van der Waals surface area contributed by atoms with Gasteiger partial charge in [0.15, 0.2) is 0 Å². The highest BCUT2D eigenvalue weighted by atomic mass is 19.1. The molecular formula is C18H16FN3O2. The first-order valence-electron chi connectivity index (χ1n) is 7.77. The molecule has 0 saturated carbocycles. The summed E-state index contributed by atoms with van der Waals surface area (Å²) in [5.74, 6) is -1.03. The number of halogens is 1. The predicted molar refractivity (Wildman–Crippen MR) is 88.2 cm³/mol. The summed E-state index contributed by atoms with van der Waals surface area (Å²) in [6, 6.07) is 15.2. The first-order valence-corrected chi connectivity index (χ1v) is 7.77. The van der Waals surface area contributed by atoms with Gasteiger partial charge in [0.25, 0.3) is 5.69 Å². The maximum Gasteiger partial charge on any atom is 0.295 e. The number of benzene rings is 2. The van der Waals surface area contributed by atoms with Crippen LogP contribution in [0, 0.1) is 27.3 Å². The first-order chi connectivity index (χ1) is 11.6. The van der Waals surface area contributed by atoms with E-state index in [1.165, 1.54) is 12.1 Å². The van der Waals surface area contributed by atoms with Crippen LogP contribution < -0.4 is 4.90 Å². The summed E-state index contributed by atoms with van der Waals surface area (Å²) < 4.78 is 13.4. The highest BCUT2D eigenvalue weighted by molar-refractivity contribution is 5.65. The van der Waals surface area contributed by atoms with Crippen LogP contribution in [0.3, 0.4) is 0 Å². The topological polar surface area (TPSA) is 70.2 Å². The van der Waals surface area contributed by atoms with Crippen LogP contribution in [0.25, 0.3) is 0 Å². The quantitative estimate of drug-likeness (QED) is 0.629. The Morgan fingerprint density at radius 2 is 2.04 bits per heavy atom. The lowest BCUT2D eigenvalue weighted by molar-refractivity contribution is -0.384. The van der Waals surface area contributed by atoms with Crippen molar-refractivity contribution in [2.45, 2.75) is 24.8 Å². The van der Waals surface area contributed by atoms with Crippen molar-refractivity contribution >= 4 is 11.4 Å². The molecular weight excluding hydrogens is 309 g/mol. The SMILES string of the molecule is N#CC(c1ccccc1)C1CCCN1c1ccc(F)cc1[N+](=O)[O-]. The van der Waals surface area contributed by atoms with Gasteiger partial charge in [-0.05, 0) is 30.5 Å². The summed E-state index contributed by atoms with van der Waals surface area (Å²) in [5.41, 5.74) is 1.01. The molecule has 2 atom stereocenters. The summed E-state index contributed by atoms with van der Waals surface area (Å²) in [7, 11) is 0. The lowest BCUT2D eigenvalue weighted by Crippen LogP contribution is -2.34.